The molecule has 19 heavy (non-hydrogen) atoms. The van der Waals surface area contributed by atoms with Crippen LogP contribution < -0.4 is 0 Å². The first-order valence-corrected chi connectivity index (χ1v) is 8.95. The highest BCUT2D eigenvalue weighted by Gasteiger charge is 2.41. The summed E-state index contributed by atoms with van der Waals surface area (Å²) in [5.74, 6) is 1.73. The second-order valence-corrected chi connectivity index (χ2v) is 8.60. The number of hydrogen-bond acceptors (Lipinski definition) is 2. The summed E-state index contributed by atoms with van der Waals surface area (Å²) in [6.45, 7) is 9.14. The zero-order chi connectivity index (χ0) is 14.2. The summed E-state index contributed by atoms with van der Waals surface area (Å²) in [7, 11) is 6.50. The zero-order valence-electron chi connectivity index (χ0n) is 12.6. The normalized spacial score (nSPS) is 36.5. The molecule has 2 aliphatic rings. The van der Waals surface area contributed by atoms with Gasteiger partial charge in [0.1, 0.15) is 4.32 Å². The second kappa shape index (κ2) is 6.38. The largest absolute Gasteiger partial charge is 0.351 e. The zero-order valence-corrected chi connectivity index (χ0v) is 14.3. The molecule has 0 aromatic heterocycles. The maximum absolute atomic E-state index is 6.50. The fourth-order valence-electron chi connectivity index (χ4n) is 3.75. The van der Waals surface area contributed by atoms with Crippen molar-refractivity contribution in [3.8, 4) is 0 Å². The lowest BCUT2D eigenvalue weighted by Gasteiger charge is -2.37. The first-order chi connectivity index (χ1) is 8.91. The molecule has 1 nitrogen and oxygen atoms in total. The van der Waals surface area contributed by atoms with E-state index >= 15 is 0 Å². The van der Waals surface area contributed by atoms with Crippen molar-refractivity contribution in [1.82, 2.24) is 4.90 Å². The molecule has 0 N–H and O–H groups in total. The molecule has 4 heteroatoms. The smallest absolute Gasteiger partial charge is 0.137 e. The van der Waals surface area contributed by atoms with Gasteiger partial charge >= 0.3 is 0 Å². The fraction of sp³-hybridized carbons (Fsp3) is 0.933. The van der Waals surface area contributed by atoms with Crippen LogP contribution in [0.3, 0.4) is 0 Å². The van der Waals surface area contributed by atoms with E-state index in [2.05, 4.69) is 32.6 Å². The molecule has 0 amide bonds. The Morgan fingerprint density at radius 3 is 2.53 bits per heavy atom. The molecule has 2 radical (unpaired) electrons. The van der Waals surface area contributed by atoms with Crippen molar-refractivity contribution in [1.29, 1.82) is 0 Å². The highest BCUT2D eigenvalue weighted by atomic mass is 32.2. The number of hydrogen-bond donors (Lipinski definition) is 0. The van der Waals surface area contributed by atoms with Gasteiger partial charge in [0.25, 0.3) is 0 Å². The van der Waals surface area contributed by atoms with E-state index in [4.69, 9.17) is 20.1 Å². The number of fused-ring (bicyclic) bond motifs is 1. The van der Waals surface area contributed by atoms with Crippen molar-refractivity contribution < 1.29 is 0 Å². The molecule has 106 valence electrons. The van der Waals surface area contributed by atoms with Crippen molar-refractivity contribution in [3.05, 3.63) is 0 Å². The molecule has 1 aliphatic heterocycles. The third kappa shape index (κ3) is 3.32. The Morgan fingerprint density at radius 2 is 1.95 bits per heavy atom. The van der Waals surface area contributed by atoms with Crippen LogP contribution in [0.4, 0.5) is 0 Å². The number of thiocarbonyl (C=S) groups is 1. The van der Waals surface area contributed by atoms with Gasteiger partial charge in [0.15, 0.2) is 0 Å². The van der Waals surface area contributed by atoms with E-state index in [0.29, 0.717) is 35.0 Å². The van der Waals surface area contributed by atoms with E-state index in [1.807, 2.05) is 11.8 Å². The summed E-state index contributed by atoms with van der Waals surface area (Å²) in [5, 5.41) is 0.617. The third-order valence-corrected chi connectivity index (χ3v) is 6.48. The average Bonchev–Trinajstić information content (AvgIpc) is 2.57. The van der Waals surface area contributed by atoms with Gasteiger partial charge in [-0.05, 0) is 38.5 Å². The fourth-order valence-corrected chi connectivity index (χ4v) is 5.94. The number of nitrogens with zero attached hydrogens (tertiary/aromatic N) is 1. The van der Waals surface area contributed by atoms with Crippen LogP contribution in [-0.2, 0) is 0 Å². The quantitative estimate of drug-likeness (QED) is 0.553. The van der Waals surface area contributed by atoms with Crippen LogP contribution in [0.2, 0.25) is 5.82 Å². The summed E-state index contributed by atoms with van der Waals surface area (Å²) in [6, 6.07) is 1.14. The Morgan fingerprint density at radius 1 is 1.26 bits per heavy atom. The molecule has 2 rings (SSSR count). The molecule has 0 spiro atoms. The topological polar surface area (TPSA) is 3.24 Å². The Bertz CT molecular complexity index is 332. The van der Waals surface area contributed by atoms with Crippen LogP contribution in [0, 0.1) is 11.8 Å². The minimum atomic E-state index is 0.343. The second-order valence-electron chi connectivity index (χ2n) is 6.73. The first-order valence-electron chi connectivity index (χ1n) is 7.66. The van der Waals surface area contributed by atoms with Gasteiger partial charge in [0.05, 0.1) is 7.85 Å². The molecule has 0 bridgehead atoms. The SMILES string of the molecule is [B]C1CC2SC(=S)N(C(C)C)C2CCCC1C(C)C. The van der Waals surface area contributed by atoms with Gasteiger partial charge in [0, 0.05) is 17.3 Å². The van der Waals surface area contributed by atoms with Gasteiger partial charge in [-0.2, -0.15) is 0 Å². The van der Waals surface area contributed by atoms with Crippen molar-refractivity contribution in [2.24, 2.45) is 11.8 Å². The molecule has 0 aromatic carbocycles. The van der Waals surface area contributed by atoms with Crippen molar-refractivity contribution in [3.63, 3.8) is 0 Å². The van der Waals surface area contributed by atoms with Gasteiger partial charge in [0.2, 0.25) is 0 Å². The first kappa shape index (κ1) is 15.7. The lowest BCUT2D eigenvalue weighted by molar-refractivity contribution is 0.214. The molecular formula is C15H26BNS2. The summed E-state index contributed by atoms with van der Waals surface area (Å²) in [5.41, 5.74) is 0. The summed E-state index contributed by atoms with van der Waals surface area (Å²) >= 11 is 7.49. The summed E-state index contributed by atoms with van der Waals surface area (Å²) in [6.07, 6.45) is 4.99. The minimum Gasteiger partial charge on any atom is -0.351 e. The molecule has 4 atom stereocenters. The Kier molecular flexibility index (Phi) is 5.27. The van der Waals surface area contributed by atoms with E-state index in [0.717, 1.165) is 10.7 Å². The molecule has 2 fully saturated rings. The highest BCUT2D eigenvalue weighted by Crippen LogP contribution is 2.45. The van der Waals surface area contributed by atoms with Crippen molar-refractivity contribution >= 4 is 36.1 Å². The monoisotopic (exact) mass is 295 g/mol. The van der Waals surface area contributed by atoms with Crippen molar-refractivity contribution in [2.75, 3.05) is 0 Å². The Balaban J connectivity index is 2.12. The lowest BCUT2D eigenvalue weighted by atomic mass is 9.65. The van der Waals surface area contributed by atoms with E-state index < -0.39 is 0 Å². The summed E-state index contributed by atoms with van der Waals surface area (Å²) < 4.78 is 1.10. The predicted molar refractivity (Wildman–Crippen MR) is 91.0 cm³/mol. The molecule has 1 saturated carbocycles. The van der Waals surface area contributed by atoms with E-state index in [9.17, 15) is 0 Å². The Hall–Kier alpha value is 0.305. The lowest BCUT2D eigenvalue weighted by Crippen LogP contribution is -2.42. The van der Waals surface area contributed by atoms with E-state index in [-0.39, 0.29) is 0 Å². The number of thioether (sulfide) groups is 1. The van der Waals surface area contributed by atoms with Crippen LogP contribution >= 0.6 is 24.0 Å². The van der Waals surface area contributed by atoms with Crippen molar-refractivity contribution in [2.45, 2.75) is 76.5 Å². The summed E-state index contributed by atoms with van der Waals surface area (Å²) in [4.78, 5) is 2.47. The predicted octanol–water partition coefficient (Wildman–Crippen LogP) is 4.27. The third-order valence-electron chi connectivity index (χ3n) is 4.75. The van der Waals surface area contributed by atoms with Gasteiger partial charge in [-0.3, -0.25) is 0 Å². The maximum atomic E-state index is 6.50. The van der Waals surface area contributed by atoms with E-state index in [1.54, 1.807) is 0 Å². The number of rotatable bonds is 2. The van der Waals surface area contributed by atoms with Crippen LogP contribution in [0.5, 0.6) is 0 Å². The van der Waals surface area contributed by atoms with Crippen LogP contribution in [-0.4, -0.2) is 34.4 Å². The molecule has 1 saturated heterocycles. The van der Waals surface area contributed by atoms with Crippen LogP contribution in [0.1, 0.15) is 53.4 Å². The van der Waals surface area contributed by atoms with Crippen LogP contribution in [0.15, 0.2) is 0 Å². The maximum Gasteiger partial charge on any atom is 0.137 e. The van der Waals surface area contributed by atoms with Gasteiger partial charge in [-0.15, -0.1) is 0 Å². The van der Waals surface area contributed by atoms with Gasteiger partial charge < -0.3 is 4.90 Å². The van der Waals surface area contributed by atoms with Gasteiger partial charge in [-0.1, -0.05) is 56.5 Å². The highest BCUT2D eigenvalue weighted by molar-refractivity contribution is 8.23. The standard InChI is InChI=1S/C15H26BNS2/c1-9(2)11-6-5-7-13-14(8-12(11)16)19-15(18)17(13)10(3)4/h9-14H,5-8H2,1-4H3. The minimum absolute atomic E-state index is 0.343. The molecular weight excluding hydrogens is 269 g/mol. The molecule has 1 heterocycles. The van der Waals surface area contributed by atoms with E-state index in [1.165, 1.54) is 19.3 Å². The van der Waals surface area contributed by atoms with Gasteiger partial charge in [-0.25, -0.2) is 0 Å². The molecule has 0 aromatic rings. The Labute approximate surface area is 129 Å². The van der Waals surface area contributed by atoms with Crippen LogP contribution in [0.25, 0.3) is 0 Å². The molecule has 4 unspecified atom stereocenters. The molecule has 1 aliphatic carbocycles. The average molecular weight is 295 g/mol.